The molecule has 12 heteroatoms. The summed E-state index contributed by atoms with van der Waals surface area (Å²) >= 11 is 0. The second-order valence-electron chi connectivity index (χ2n) is 9.91. The molecule has 0 amide bonds. The van der Waals surface area contributed by atoms with Crippen molar-refractivity contribution in [3.05, 3.63) is 0 Å². The fourth-order valence-corrected chi connectivity index (χ4v) is 5.04. The normalized spacial score (nSPS) is 50.2. The van der Waals surface area contributed by atoms with Crippen LogP contribution in [0.2, 0.25) is 0 Å². The largest absolute Gasteiger partial charge is 0.388 e. The van der Waals surface area contributed by atoms with Crippen LogP contribution in [0.25, 0.3) is 0 Å². The fraction of sp³-hybridized carbons (Fsp3) is 1.00. The summed E-state index contributed by atoms with van der Waals surface area (Å²) in [5, 5.41) is 38.3. The summed E-state index contributed by atoms with van der Waals surface area (Å²) in [7, 11) is 3.49. The highest BCUT2D eigenvalue weighted by Gasteiger charge is 2.50. The second-order valence-corrected chi connectivity index (χ2v) is 9.91. The molecule has 13 atom stereocenters. The van der Waals surface area contributed by atoms with Crippen molar-refractivity contribution in [3.63, 3.8) is 0 Å². The maximum absolute atomic E-state index is 11.1. The number of aliphatic hydroxyl groups is 3. The number of rotatable bonds is 7. The van der Waals surface area contributed by atoms with Gasteiger partial charge in [0.25, 0.3) is 0 Å². The van der Waals surface area contributed by atoms with Crippen LogP contribution in [-0.4, -0.2) is 115 Å². The van der Waals surface area contributed by atoms with E-state index in [1.165, 1.54) is 0 Å². The van der Waals surface area contributed by atoms with Gasteiger partial charge in [-0.1, -0.05) is 0 Å². The first kappa shape index (κ1) is 27.1. The third kappa shape index (κ3) is 5.85. The average molecular weight is 478 g/mol. The first-order valence-corrected chi connectivity index (χ1v) is 11.8. The van der Waals surface area contributed by atoms with Crippen LogP contribution in [0.15, 0.2) is 0 Å². The lowest BCUT2D eigenvalue weighted by atomic mass is 9.84. The quantitative estimate of drug-likeness (QED) is 0.182. The molecule has 2 saturated heterocycles. The van der Waals surface area contributed by atoms with Crippen molar-refractivity contribution in [1.29, 1.82) is 0 Å². The van der Waals surface area contributed by atoms with Gasteiger partial charge in [-0.05, 0) is 47.2 Å². The molecule has 3 rings (SSSR count). The first-order valence-electron chi connectivity index (χ1n) is 11.8. The lowest BCUT2D eigenvalue weighted by molar-refractivity contribution is -0.307. The van der Waals surface area contributed by atoms with Crippen LogP contribution in [-0.2, 0) is 18.9 Å². The molecule has 11 N–H and O–H groups in total. The molecule has 3 aliphatic rings. The van der Waals surface area contributed by atoms with E-state index in [4.69, 9.17) is 36.1 Å². The number of likely N-dealkylation sites (N-methyl/N-ethyl adjacent to an activating group) is 2. The van der Waals surface area contributed by atoms with Crippen molar-refractivity contribution in [2.24, 2.45) is 17.2 Å². The zero-order valence-corrected chi connectivity index (χ0v) is 20.0. The number of nitrogens with one attached hydrogen (secondary N) is 2. The summed E-state index contributed by atoms with van der Waals surface area (Å²) in [6.45, 7) is 3.52. The molecule has 12 nitrogen and oxygen atoms in total. The molecule has 0 aromatic rings. The van der Waals surface area contributed by atoms with Crippen LogP contribution in [0, 0.1) is 0 Å². The van der Waals surface area contributed by atoms with Gasteiger partial charge in [0.2, 0.25) is 0 Å². The Morgan fingerprint density at radius 3 is 2.15 bits per heavy atom. The van der Waals surface area contributed by atoms with Crippen LogP contribution in [0.4, 0.5) is 0 Å². The smallest absolute Gasteiger partial charge is 0.185 e. The van der Waals surface area contributed by atoms with Gasteiger partial charge in [0.1, 0.15) is 30.0 Å². The molecule has 0 bridgehead atoms. The van der Waals surface area contributed by atoms with E-state index in [0.29, 0.717) is 12.8 Å². The molecule has 0 aromatic carbocycles. The van der Waals surface area contributed by atoms with Gasteiger partial charge < -0.3 is 62.1 Å². The maximum atomic E-state index is 11.1. The Labute approximate surface area is 195 Å². The van der Waals surface area contributed by atoms with E-state index < -0.39 is 60.7 Å². The van der Waals surface area contributed by atoms with Gasteiger partial charge in [0.15, 0.2) is 12.6 Å². The molecule has 1 saturated carbocycles. The molecule has 0 spiro atoms. The standard InChI is InChI=1S/C21H43N5O7/c1-9(25-3)13-6-5-10(22)19(31-13)32-16-11(23)7-12(24)17(14(16)27)33-20-15(28)18(26-4)21(2,29)8-30-20/h9-20,25-29H,5-8,22-24H2,1-4H3/t9-,10-,11+,12-,13-,14+,15+,16+,17-,18-,19-,20+,21-/m0/s1. The van der Waals surface area contributed by atoms with E-state index >= 15 is 0 Å². The summed E-state index contributed by atoms with van der Waals surface area (Å²) in [4.78, 5) is 0. The van der Waals surface area contributed by atoms with E-state index in [-0.39, 0.29) is 24.8 Å². The van der Waals surface area contributed by atoms with Gasteiger partial charge in [-0.25, -0.2) is 0 Å². The minimum Gasteiger partial charge on any atom is -0.388 e. The molecule has 0 unspecified atom stereocenters. The Balaban J connectivity index is 1.68. The van der Waals surface area contributed by atoms with E-state index in [0.717, 1.165) is 6.42 Å². The number of hydrogen-bond acceptors (Lipinski definition) is 12. The highest BCUT2D eigenvalue weighted by Crippen LogP contribution is 2.31. The minimum atomic E-state index is -1.29. The first-order chi connectivity index (χ1) is 15.5. The van der Waals surface area contributed by atoms with Gasteiger partial charge in [-0.2, -0.15) is 0 Å². The predicted octanol–water partition coefficient (Wildman–Crippen LogP) is -3.33. The number of hydrogen-bond donors (Lipinski definition) is 8. The fourth-order valence-electron chi connectivity index (χ4n) is 5.04. The van der Waals surface area contributed by atoms with E-state index in [9.17, 15) is 15.3 Å². The second kappa shape index (κ2) is 11.1. The lowest BCUT2D eigenvalue weighted by Crippen LogP contribution is -2.68. The highest BCUT2D eigenvalue weighted by atomic mass is 16.7. The summed E-state index contributed by atoms with van der Waals surface area (Å²) in [5.74, 6) is 0. The van der Waals surface area contributed by atoms with Crippen LogP contribution in [0.5, 0.6) is 0 Å². The third-order valence-corrected chi connectivity index (χ3v) is 7.24. The topological polar surface area (TPSA) is 200 Å². The summed E-state index contributed by atoms with van der Waals surface area (Å²) in [6.07, 6.45) is -4.22. The Morgan fingerprint density at radius 2 is 1.58 bits per heavy atom. The molecule has 1 aliphatic carbocycles. The van der Waals surface area contributed by atoms with Crippen molar-refractivity contribution >= 4 is 0 Å². The zero-order valence-electron chi connectivity index (χ0n) is 20.0. The SMILES string of the molecule is CN[C@@H](C)[C@@H]1CC[C@H](N)[C@H](O[C@H]2[C@@H](O)[C@@H](O[C@H]3OC[C@](C)(O)[C@@H](NC)[C@H]3O)[C@@H](N)C[C@H]2N)O1. The van der Waals surface area contributed by atoms with E-state index in [1.807, 2.05) is 14.0 Å². The number of aliphatic hydroxyl groups excluding tert-OH is 2. The molecule has 194 valence electrons. The van der Waals surface area contributed by atoms with Gasteiger partial charge in [0.05, 0.1) is 24.8 Å². The van der Waals surface area contributed by atoms with Crippen LogP contribution in [0.1, 0.15) is 33.1 Å². The van der Waals surface area contributed by atoms with Gasteiger partial charge >= 0.3 is 0 Å². The van der Waals surface area contributed by atoms with Crippen molar-refractivity contribution in [1.82, 2.24) is 10.6 Å². The maximum Gasteiger partial charge on any atom is 0.185 e. The molecule has 0 radical (unpaired) electrons. The Bertz CT molecular complexity index is 632. The monoisotopic (exact) mass is 477 g/mol. The van der Waals surface area contributed by atoms with Crippen molar-refractivity contribution in [3.8, 4) is 0 Å². The van der Waals surface area contributed by atoms with Gasteiger partial charge in [-0.15, -0.1) is 0 Å². The van der Waals surface area contributed by atoms with E-state index in [1.54, 1.807) is 14.0 Å². The van der Waals surface area contributed by atoms with Crippen LogP contribution >= 0.6 is 0 Å². The van der Waals surface area contributed by atoms with Gasteiger partial charge in [0, 0.05) is 18.1 Å². The van der Waals surface area contributed by atoms with E-state index in [2.05, 4.69) is 10.6 Å². The molecule has 0 aromatic heterocycles. The summed E-state index contributed by atoms with van der Waals surface area (Å²) in [6, 6.07) is -2.11. The number of ether oxygens (including phenoxy) is 4. The minimum absolute atomic E-state index is 0.0620. The molecule has 3 fully saturated rings. The summed E-state index contributed by atoms with van der Waals surface area (Å²) < 4.78 is 23.7. The molecule has 2 aliphatic heterocycles. The van der Waals surface area contributed by atoms with Gasteiger partial charge in [-0.3, -0.25) is 0 Å². The van der Waals surface area contributed by atoms with Crippen molar-refractivity contribution in [2.45, 2.75) is 112 Å². The highest BCUT2D eigenvalue weighted by molar-refractivity contribution is 5.02. The summed E-state index contributed by atoms with van der Waals surface area (Å²) in [5.41, 5.74) is 17.5. The average Bonchev–Trinajstić information content (AvgIpc) is 2.76. The predicted molar refractivity (Wildman–Crippen MR) is 120 cm³/mol. The van der Waals surface area contributed by atoms with Crippen molar-refractivity contribution in [2.75, 3.05) is 20.7 Å². The van der Waals surface area contributed by atoms with Crippen LogP contribution < -0.4 is 27.8 Å². The molecular formula is C21H43N5O7. The molecule has 2 heterocycles. The Morgan fingerprint density at radius 1 is 0.970 bits per heavy atom. The molecule has 33 heavy (non-hydrogen) atoms. The Kier molecular flexibility index (Phi) is 9.09. The van der Waals surface area contributed by atoms with Crippen LogP contribution in [0.3, 0.4) is 0 Å². The lowest BCUT2D eigenvalue weighted by Gasteiger charge is -2.48. The third-order valence-electron chi connectivity index (χ3n) is 7.24. The number of nitrogens with two attached hydrogens (primary N) is 3. The zero-order chi connectivity index (χ0) is 24.5. The van der Waals surface area contributed by atoms with Crippen molar-refractivity contribution < 1.29 is 34.3 Å². The molecular weight excluding hydrogens is 434 g/mol. The Hall–Kier alpha value is -0.480.